The number of anilines is 1. The van der Waals surface area contributed by atoms with Crippen molar-refractivity contribution in [3.63, 3.8) is 0 Å². The maximum Gasteiger partial charge on any atom is 0.284 e. The summed E-state index contributed by atoms with van der Waals surface area (Å²) in [6, 6.07) is 23.4. The Morgan fingerprint density at radius 1 is 0.774 bits per heavy atom. The predicted molar refractivity (Wildman–Crippen MR) is 128 cm³/mol. The van der Waals surface area contributed by atoms with Gasteiger partial charge in [0.2, 0.25) is 0 Å². The zero-order chi connectivity index (χ0) is 22.1. The molecule has 0 aliphatic carbocycles. The van der Waals surface area contributed by atoms with Gasteiger partial charge in [-0.1, -0.05) is 48.5 Å². The van der Waals surface area contributed by atoms with E-state index in [9.17, 15) is 0 Å². The third kappa shape index (κ3) is 3.59. The summed E-state index contributed by atoms with van der Waals surface area (Å²) in [5.41, 5.74) is 6.10. The Morgan fingerprint density at radius 2 is 1.42 bits per heavy atom. The van der Waals surface area contributed by atoms with Crippen molar-refractivity contribution in [1.29, 1.82) is 0 Å². The molecule has 0 aliphatic rings. The van der Waals surface area contributed by atoms with E-state index in [2.05, 4.69) is 104 Å². The molecule has 4 heteroatoms. The maximum atomic E-state index is 5.58. The van der Waals surface area contributed by atoms with E-state index in [0.29, 0.717) is 0 Å². The number of fused-ring (bicyclic) bond motifs is 1. The highest BCUT2D eigenvalue weighted by Gasteiger charge is 2.23. The summed E-state index contributed by atoms with van der Waals surface area (Å²) in [6.07, 6.45) is 0. The molecule has 3 aromatic carbocycles. The fraction of sp³-hybridized carbons (Fsp3) is 0.222. The predicted octanol–water partition coefficient (Wildman–Crippen LogP) is 5.39. The van der Waals surface area contributed by atoms with E-state index in [-0.39, 0.29) is 0 Å². The van der Waals surface area contributed by atoms with Gasteiger partial charge in [-0.25, -0.2) is 4.57 Å². The molecule has 31 heavy (non-hydrogen) atoms. The quantitative estimate of drug-likeness (QED) is 0.410. The number of benzene rings is 3. The molecule has 1 heterocycles. The third-order valence-electron chi connectivity index (χ3n) is 5.89. The van der Waals surface area contributed by atoms with Gasteiger partial charge in [0.15, 0.2) is 11.5 Å². The number of methoxy groups -OCH3 is 2. The first-order chi connectivity index (χ1) is 15.0. The van der Waals surface area contributed by atoms with Crippen LogP contribution in [0.2, 0.25) is 0 Å². The molecule has 0 N–H and O–H groups in total. The summed E-state index contributed by atoms with van der Waals surface area (Å²) in [5, 5.41) is 2.23. The lowest BCUT2D eigenvalue weighted by Gasteiger charge is -2.19. The van der Waals surface area contributed by atoms with Crippen molar-refractivity contribution < 1.29 is 14.0 Å². The van der Waals surface area contributed by atoms with Gasteiger partial charge in [0.1, 0.15) is 5.69 Å². The van der Waals surface area contributed by atoms with Crippen molar-refractivity contribution >= 4 is 16.6 Å². The largest absolute Gasteiger partial charge is 0.493 e. The molecule has 0 saturated heterocycles. The van der Waals surface area contributed by atoms with Crippen LogP contribution in [0.1, 0.15) is 5.56 Å². The van der Waals surface area contributed by atoms with E-state index < -0.39 is 0 Å². The molecule has 0 aliphatic heterocycles. The minimum atomic E-state index is 0.730. The summed E-state index contributed by atoms with van der Waals surface area (Å²) in [4.78, 5) is 2.15. The van der Waals surface area contributed by atoms with Crippen LogP contribution in [0.5, 0.6) is 11.5 Å². The van der Waals surface area contributed by atoms with Gasteiger partial charge in [0.05, 0.1) is 40.7 Å². The van der Waals surface area contributed by atoms with Crippen LogP contribution in [-0.4, -0.2) is 28.3 Å². The number of hydrogen-bond acceptors (Lipinski definition) is 3. The van der Waals surface area contributed by atoms with Crippen LogP contribution < -0.4 is 18.9 Å². The van der Waals surface area contributed by atoms with Crippen molar-refractivity contribution in [3.05, 3.63) is 72.3 Å². The Kier molecular flexibility index (Phi) is 5.55. The topological polar surface area (TPSA) is 25.6 Å². The lowest BCUT2D eigenvalue weighted by atomic mass is 9.94. The molecule has 4 nitrogen and oxygen atoms in total. The van der Waals surface area contributed by atoms with E-state index >= 15 is 0 Å². The standard InChI is InChI=1S/C27H29N2O2/c1-18-21(19-11-8-7-9-12-19)13-10-14-22(18)24-15-20-16-25(30-5)26(31-6)17-23(20)27(28(2)3)29(24)4/h7-17H,1-6H3/q+1. The first kappa shape index (κ1) is 20.7. The molecule has 0 bridgehead atoms. The number of pyridine rings is 1. The van der Waals surface area contributed by atoms with Crippen LogP contribution in [0, 0.1) is 6.92 Å². The fourth-order valence-electron chi connectivity index (χ4n) is 4.39. The normalized spacial score (nSPS) is 10.9. The number of nitrogens with zero attached hydrogens (tertiary/aromatic N) is 2. The van der Waals surface area contributed by atoms with Gasteiger partial charge >= 0.3 is 0 Å². The Hall–Kier alpha value is -3.53. The van der Waals surface area contributed by atoms with Gasteiger partial charge in [0, 0.05) is 11.6 Å². The monoisotopic (exact) mass is 413 g/mol. The number of aromatic nitrogens is 1. The lowest BCUT2D eigenvalue weighted by molar-refractivity contribution is -0.646. The van der Waals surface area contributed by atoms with Gasteiger partial charge in [-0.2, -0.15) is 0 Å². The van der Waals surface area contributed by atoms with E-state index in [4.69, 9.17) is 9.47 Å². The molecule has 158 valence electrons. The summed E-state index contributed by atoms with van der Waals surface area (Å²) >= 11 is 0. The van der Waals surface area contributed by atoms with Crippen molar-refractivity contribution in [2.45, 2.75) is 6.92 Å². The molecule has 4 rings (SSSR count). The average Bonchev–Trinajstić information content (AvgIpc) is 2.78. The first-order valence-corrected chi connectivity index (χ1v) is 10.4. The van der Waals surface area contributed by atoms with Crippen molar-refractivity contribution in [2.24, 2.45) is 7.05 Å². The SMILES string of the molecule is COc1cc2cc(-c3cccc(-c4ccccc4)c3C)[n+](C)c(N(C)C)c2cc1OC. The van der Waals surface area contributed by atoms with Gasteiger partial charge in [-0.15, -0.1) is 0 Å². The molecule has 1 aromatic heterocycles. The molecule has 0 unspecified atom stereocenters. The molecule has 0 amide bonds. The first-order valence-electron chi connectivity index (χ1n) is 10.4. The highest BCUT2D eigenvalue weighted by molar-refractivity contribution is 5.95. The molecule has 4 aromatic rings. The van der Waals surface area contributed by atoms with Gasteiger partial charge < -0.3 is 9.47 Å². The second-order valence-electron chi connectivity index (χ2n) is 7.95. The Morgan fingerprint density at radius 3 is 2.06 bits per heavy atom. The highest BCUT2D eigenvalue weighted by Crippen LogP contribution is 2.38. The average molecular weight is 414 g/mol. The maximum absolute atomic E-state index is 5.58. The Labute approximate surface area is 184 Å². The van der Waals surface area contributed by atoms with Crippen LogP contribution in [-0.2, 0) is 7.05 Å². The van der Waals surface area contributed by atoms with Gasteiger partial charge in [0.25, 0.3) is 5.82 Å². The van der Waals surface area contributed by atoms with Crippen LogP contribution in [0.25, 0.3) is 33.2 Å². The van der Waals surface area contributed by atoms with Crippen LogP contribution >= 0.6 is 0 Å². The minimum Gasteiger partial charge on any atom is -0.493 e. The van der Waals surface area contributed by atoms with E-state index in [1.165, 1.54) is 22.3 Å². The molecular weight excluding hydrogens is 384 g/mol. The second kappa shape index (κ2) is 8.31. The highest BCUT2D eigenvalue weighted by atomic mass is 16.5. The second-order valence-corrected chi connectivity index (χ2v) is 7.95. The van der Waals surface area contributed by atoms with Crippen LogP contribution in [0.15, 0.2) is 66.7 Å². The summed E-state index contributed by atoms with van der Waals surface area (Å²) in [5.74, 6) is 2.57. The lowest BCUT2D eigenvalue weighted by Crippen LogP contribution is -2.38. The Balaban J connectivity index is 2.02. The molecule has 0 saturated carbocycles. The fourth-order valence-corrected chi connectivity index (χ4v) is 4.39. The molecule has 0 atom stereocenters. The zero-order valence-electron chi connectivity index (χ0n) is 19.1. The number of rotatable bonds is 5. The number of hydrogen-bond donors (Lipinski definition) is 0. The third-order valence-corrected chi connectivity index (χ3v) is 5.89. The van der Waals surface area contributed by atoms with Gasteiger partial charge in [-0.05, 0) is 41.1 Å². The van der Waals surface area contributed by atoms with Crippen molar-refractivity contribution in [3.8, 4) is 33.9 Å². The molecular formula is C27H29N2O2+. The van der Waals surface area contributed by atoms with Crippen molar-refractivity contribution in [2.75, 3.05) is 33.2 Å². The zero-order valence-corrected chi connectivity index (χ0v) is 19.1. The van der Waals surface area contributed by atoms with Crippen molar-refractivity contribution in [1.82, 2.24) is 0 Å². The van der Waals surface area contributed by atoms with Crippen LogP contribution in [0.3, 0.4) is 0 Å². The summed E-state index contributed by atoms with van der Waals surface area (Å²) in [6.45, 7) is 2.20. The van der Waals surface area contributed by atoms with E-state index in [1.807, 2.05) is 0 Å². The molecule has 0 spiro atoms. The molecule has 0 fully saturated rings. The summed E-state index contributed by atoms with van der Waals surface area (Å²) in [7, 11) is 9.61. The Bertz CT molecular complexity index is 1250. The van der Waals surface area contributed by atoms with E-state index in [1.54, 1.807) is 14.2 Å². The minimum absolute atomic E-state index is 0.730. The summed E-state index contributed by atoms with van der Waals surface area (Å²) < 4.78 is 13.4. The van der Waals surface area contributed by atoms with Gasteiger partial charge in [-0.3, -0.25) is 4.90 Å². The van der Waals surface area contributed by atoms with Crippen LogP contribution in [0.4, 0.5) is 5.82 Å². The molecule has 0 radical (unpaired) electrons. The smallest absolute Gasteiger partial charge is 0.284 e. The van der Waals surface area contributed by atoms with E-state index in [0.717, 1.165) is 33.8 Å². The number of ether oxygens (including phenoxy) is 2.